The molecule has 2 heterocycles. The van der Waals surface area contributed by atoms with E-state index in [0.717, 1.165) is 15.8 Å². The quantitative estimate of drug-likeness (QED) is 0.164. The lowest BCUT2D eigenvalue weighted by molar-refractivity contribution is -0.132. The molecular weight excluding hydrogens is 516 g/mol. The topological polar surface area (TPSA) is 98.2 Å². The summed E-state index contributed by atoms with van der Waals surface area (Å²) in [4.78, 5) is 33.2. The summed E-state index contributed by atoms with van der Waals surface area (Å²) in [6, 6.07) is 16.9. The molecular formula is C30H28N2O6S. The highest BCUT2D eigenvalue weighted by molar-refractivity contribution is 7.22. The number of carbonyl (C=O) groups excluding carboxylic acids is 2. The maximum atomic E-state index is 13.6. The van der Waals surface area contributed by atoms with E-state index >= 15 is 0 Å². The Balaban J connectivity index is 1.71. The molecule has 0 bridgehead atoms. The molecule has 1 N–H and O–H groups in total. The van der Waals surface area contributed by atoms with E-state index < -0.39 is 17.7 Å². The first kappa shape index (κ1) is 26.2. The maximum Gasteiger partial charge on any atom is 0.301 e. The summed E-state index contributed by atoms with van der Waals surface area (Å²) in [6.45, 7) is 6.46. The van der Waals surface area contributed by atoms with Gasteiger partial charge in [-0.15, -0.1) is 0 Å². The van der Waals surface area contributed by atoms with E-state index in [1.54, 1.807) is 49.6 Å². The lowest BCUT2D eigenvalue weighted by atomic mass is 9.95. The normalized spacial score (nSPS) is 16.6. The van der Waals surface area contributed by atoms with E-state index in [2.05, 4.69) is 4.98 Å². The van der Waals surface area contributed by atoms with Gasteiger partial charge in [-0.3, -0.25) is 14.5 Å². The zero-order chi connectivity index (χ0) is 27.7. The van der Waals surface area contributed by atoms with Crippen molar-refractivity contribution in [1.29, 1.82) is 0 Å². The number of aryl methyl sites for hydroxylation is 1. The van der Waals surface area contributed by atoms with Crippen LogP contribution in [0, 0.1) is 6.92 Å². The monoisotopic (exact) mass is 544 g/mol. The Morgan fingerprint density at radius 3 is 2.38 bits per heavy atom. The second-order valence-corrected chi connectivity index (χ2v) is 9.94. The number of fused-ring (bicyclic) bond motifs is 1. The van der Waals surface area contributed by atoms with E-state index in [0.29, 0.717) is 41.2 Å². The highest BCUT2D eigenvalue weighted by Gasteiger charge is 2.48. The minimum atomic E-state index is -0.918. The summed E-state index contributed by atoms with van der Waals surface area (Å²) in [5, 5.41) is 12.0. The number of hydrogen-bond donors (Lipinski definition) is 1. The van der Waals surface area contributed by atoms with Gasteiger partial charge in [-0.05, 0) is 68.3 Å². The molecule has 1 aromatic heterocycles. The van der Waals surface area contributed by atoms with Crippen LogP contribution in [0.4, 0.5) is 5.13 Å². The minimum Gasteiger partial charge on any atom is -0.507 e. The molecule has 1 fully saturated rings. The number of anilines is 1. The zero-order valence-corrected chi connectivity index (χ0v) is 22.9. The number of Topliss-reactive ketones (excluding diaryl/α,β-unsaturated/α-hetero) is 1. The van der Waals surface area contributed by atoms with Crippen LogP contribution in [0.25, 0.3) is 16.0 Å². The van der Waals surface area contributed by atoms with Crippen molar-refractivity contribution in [2.45, 2.75) is 26.8 Å². The van der Waals surface area contributed by atoms with E-state index in [1.165, 1.54) is 16.2 Å². The van der Waals surface area contributed by atoms with Crippen LogP contribution in [0.2, 0.25) is 0 Å². The SMILES string of the molecule is CCOc1ccc(/C(O)=C2\C(=O)C(=O)N(c3nc4ccc(C)cc4s3)C2c2ccc(OC)cc2)c(OCC)c1. The largest absolute Gasteiger partial charge is 0.507 e. The van der Waals surface area contributed by atoms with Gasteiger partial charge >= 0.3 is 5.91 Å². The molecule has 8 nitrogen and oxygen atoms in total. The fourth-order valence-corrected chi connectivity index (χ4v) is 5.72. The van der Waals surface area contributed by atoms with Crippen molar-refractivity contribution in [2.75, 3.05) is 25.2 Å². The molecule has 9 heteroatoms. The molecule has 4 aromatic rings. The van der Waals surface area contributed by atoms with Crippen molar-refractivity contribution in [3.63, 3.8) is 0 Å². The molecule has 0 saturated carbocycles. The summed E-state index contributed by atoms with van der Waals surface area (Å²) in [5.74, 6) is -0.376. The van der Waals surface area contributed by atoms with Crippen LogP contribution < -0.4 is 19.1 Å². The Labute approximate surface area is 230 Å². The number of aromatic nitrogens is 1. The number of carbonyl (C=O) groups is 2. The summed E-state index contributed by atoms with van der Waals surface area (Å²) in [6.07, 6.45) is 0. The van der Waals surface area contributed by atoms with Gasteiger partial charge in [-0.2, -0.15) is 0 Å². The third kappa shape index (κ3) is 4.81. The van der Waals surface area contributed by atoms with Gasteiger partial charge in [0.25, 0.3) is 5.78 Å². The average Bonchev–Trinajstić information content (AvgIpc) is 3.46. The highest BCUT2D eigenvalue weighted by Crippen LogP contribution is 2.45. The first-order valence-corrected chi connectivity index (χ1v) is 13.4. The number of nitrogens with zero attached hydrogens (tertiary/aromatic N) is 2. The zero-order valence-electron chi connectivity index (χ0n) is 22.1. The number of thiazole rings is 1. The molecule has 1 aliphatic heterocycles. The lowest BCUT2D eigenvalue weighted by Crippen LogP contribution is -2.29. The van der Waals surface area contributed by atoms with Gasteiger partial charge in [0.05, 0.1) is 47.7 Å². The van der Waals surface area contributed by atoms with E-state index in [9.17, 15) is 14.7 Å². The van der Waals surface area contributed by atoms with Crippen LogP contribution in [0.1, 0.15) is 36.6 Å². The van der Waals surface area contributed by atoms with Crippen molar-refractivity contribution < 1.29 is 28.9 Å². The molecule has 1 unspecified atom stereocenters. The fraction of sp³-hybridized carbons (Fsp3) is 0.233. The second-order valence-electron chi connectivity index (χ2n) is 8.93. The average molecular weight is 545 g/mol. The van der Waals surface area contributed by atoms with Crippen molar-refractivity contribution in [1.82, 2.24) is 4.98 Å². The number of hydrogen-bond acceptors (Lipinski definition) is 8. The summed E-state index contributed by atoms with van der Waals surface area (Å²) >= 11 is 1.32. The molecule has 39 heavy (non-hydrogen) atoms. The molecule has 1 amide bonds. The molecule has 1 atom stereocenters. The molecule has 5 rings (SSSR count). The van der Waals surface area contributed by atoms with Gasteiger partial charge in [0, 0.05) is 6.07 Å². The maximum absolute atomic E-state index is 13.6. The molecule has 1 aliphatic rings. The Hall–Kier alpha value is -4.37. The van der Waals surface area contributed by atoms with Crippen LogP contribution in [0.5, 0.6) is 17.2 Å². The van der Waals surface area contributed by atoms with Gasteiger partial charge in [0.15, 0.2) is 5.13 Å². The molecule has 0 spiro atoms. The van der Waals surface area contributed by atoms with Gasteiger partial charge < -0.3 is 19.3 Å². The molecule has 200 valence electrons. The standard InChI is InChI=1S/C30H28N2O6S/c1-5-37-20-12-13-21(23(16-20)38-6-2)27(33)25-26(18-8-10-19(36-4)11-9-18)32(29(35)28(25)34)30-31-22-14-7-17(3)15-24(22)39-30/h7-16,26,33H,5-6H2,1-4H3/b27-25+. The third-order valence-electron chi connectivity index (χ3n) is 6.43. The molecule has 0 aliphatic carbocycles. The Kier molecular flexibility index (Phi) is 7.26. The molecule has 0 radical (unpaired) electrons. The van der Waals surface area contributed by atoms with Gasteiger partial charge in [0.2, 0.25) is 0 Å². The summed E-state index contributed by atoms with van der Waals surface area (Å²) in [7, 11) is 1.56. The van der Waals surface area contributed by atoms with Crippen molar-refractivity contribution in [3.05, 3.63) is 82.9 Å². The number of aliphatic hydroxyl groups excluding tert-OH is 1. The van der Waals surface area contributed by atoms with E-state index in [4.69, 9.17) is 14.2 Å². The minimum absolute atomic E-state index is 0.0503. The number of methoxy groups -OCH3 is 1. The van der Waals surface area contributed by atoms with Gasteiger partial charge in [-0.25, -0.2) is 4.98 Å². The number of benzene rings is 3. The number of rotatable bonds is 8. The van der Waals surface area contributed by atoms with Crippen LogP contribution >= 0.6 is 11.3 Å². The van der Waals surface area contributed by atoms with Gasteiger partial charge in [-0.1, -0.05) is 29.5 Å². The second kappa shape index (κ2) is 10.8. The first-order chi connectivity index (χ1) is 18.9. The van der Waals surface area contributed by atoms with Crippen molar-refractivity contribution >= 4 is 44.1 Å². The lowest BCUT2D eigenvalue weighted by Gasteiger charge is -2.23. The first-order valence-electron chi connectivity index (χ1n) is 12.6. The van der Waals surface area contributed by atoms with Crippen LogP contribution in [-0.2, 0) is 9.59 Å². The van der Waals surface area contributed by atoms with E-state index in [1.807, 2.05) is 39.0 Å². The Morgan fingerprint density at radius 1 is 0.974 bits per heavy atom. The smallest absolute Gasteiger partial charge is 0.301 e. The summed E-state index contributed by atoms with van der Waals surface area (Å²) < 4.78 is 17.6. The van der Waals surface area contributed by atoms with Crippen LogP contribution in [-0.4, -0.2) is 42.1 Å². The van der Waals surface area contributed by atoms with Crippen molar-refractivity contribution in [3.8, 4) is 17.2 Å². The van der Waals surface area contributed by atoms with Gasteiger partial charge in [0.1, 0.15) is 23.0 Å². The van der Waals surface area contributed by atoms with Crippen LogP contribution in [0.15, 0.2) is 66.2 Å². The van der Waals surface area contributed by atoms with E-state index in [-0.39, 0.29) is 16.9 Å². The fourth-order valence-electron chi connectivity index (χ4n) is 4.63. The highest BCUT2D eigenvalue weighted by atomic mass is 32.1. The number of amides is 1. The van der Waals surface area contributed by atoms with Crippen molar-refractivity contribution in [2.24, 2.45) is 0 Å². The van der Waals surface area contributed by atoms with Crippen LogP contribution in [0.3, 0.4) is 0 Å². The predicted octanol–water partition coefficient (Wildman–Crippen LogP) is 6.04. The number of aliphatic hydroxyl groups is 1. The summed E-state index contributed by atoms with van der Waals surface area (Å²) in [5.41, 5.74) is 2.64. The molecule has 1 saturated heterocycles. The molecule has 3 aromatic carbocycles. The Morgan fingerprint density at radius 2 is 1.69 bits per heavy atom. The third-order valence-corrected chi connectivity index (χ3v) is 7.45. The predicted molar refractivity (Wildman–Crippen MR) is 151 cm³/mol. The Bertz CT molecular complexity index is 1590. The number of ether oxygens (including phenoxy) is 3. The number of ketones is 1.